The number of carbonyl (C=O) groups excluding carboxylic acids is 1. The van der Waals surface area contributed by atoms with E-state index in [2.05, 4.69) is 6.58 Å². The predicted molar refractivity (Wildman–Crippen MR) is 52.8 cm³/mol. The van der Waals surface area contributed by atoms with Crippen LogP contribution in [-0.4, -0.2) is 32.6 Å². The van der Waals surface area contributed by atoms with E-state index >= 15 is 0 Å². The van der Waals surface area contributed by atoms with Gasteiger partial charge in [-0.25, -0.2) is 4.79 Å². The van der Waals surface area contributed by atoms with Gasteiger partial charge >= 0.3 is 5.97 Å². The largest absolute Gasteiger partial charge is 0.462 e. The van der Waals surface area contributed by atoms with E-state index in [1.54, 1.807) is 28.1 Å². The average molecular weight is 202 g/mol. The molecular weight excluding hydrogens is 184 g/mol. The topological polar surface area (TPSA) is 44.8 Å². The van der Waals surface area contributed by atoms with Gasteiger partial charge in [0.25, 0.3) is 0 Å². The molecule has 0 aliphatic carbocycles. The Labute approximate surface area is 84.8 Å². The number of hydrogen-bond donors (Lipinski definition) is 0. The van der Waals surface area contributed by atoms with Crippen LogP contribution >= 0.6 is 0 Å². The Morgan fingerprint density at radius 3 is 2.21 bits per heavy atom. The van der Waals surface area contributed by atoms with E-state index in [-0.39, 0.29) is 12.6 Å². The number of rotatable bonds is 6. The molecule has 0 aromatic rings. The highest BCUT2D eigenvalue weighted by atomic mass is 16.7. The fourth-order valence-electron chi connectivity index (χ4n) is 0.740. The SMILES string of the molecule is C=C(C)C(=O)OCCC(C)(OC)OC. The predicted octanol–water partition coefficient (Wildman–Crippen LogP) is 1.50. The summed E-state index contributed by atoms with van der Waals surface area (Å²) in [4.78, 5) is 11.0. The van der Waals surface area contributed by atoms with E-state index in [0.29, 0.717) is 12.0 Å². The lowest BCUT2D eigenvalue weighted by molar-refractivity contribution is -0.203. The molecule has 14 heavy (non-hydrogen) atoms. The maximum absolute atomic E-state index is 11.0. The Morgan fingerprint density at radius 1 is 1.36 bits per heavy atom. The standard InChI is InChI=1S/C10H18O4/c1-8(2)9(11)14-7-6-10(3,12-4)13-5/h1,6-7H2,2-5H3. The van der Waals surface area contributed by atoms with Gasteiger partial charge in [0.2, 0.25) is 0 Å². The van der Waals surface area contributed by atoms with E-state index in [1.807, 2.05) is 0 Å². The minimum absolute atomic E-state index is 0.254. The molecule has 0 saturated heterocycles. The molecule has 4 nitrogen and oxygen atoms in total. The average Bonchev–Trinajstić information content (AvgIpc) is 2.17. The van der Waals surface area contributed by atoms with Crippen molar-refractivity contribution >= 4 is 5.97 Å². The molecule has 0 aromatic carbocycles. The van der Waals surface area contributed by atoms with Crippen LogP contribution in [0, 0.1) is 0 Å². The van der Waals surface area contributed by atoms with Crippen molar-refractivity contribution in [3.05, 3.63) is 12.2 Å². The lowest BCUT2D eigenvalue weighted by Crippen LogP contribution is -2.31. The Hall–Kier alpha value is -0.870. The van der Waals surface area contributed by atoms with Gasteiger partial charge in [0.1, 0.15) is 0 Å². The molecule has 4 heteroatoms. The Balaban J connectivity index is 3.83. The first kappa shape index (κ1) is 13.1. The molecule has 0 radical (unpaired) electrons. The van der Waals surface area contributed by atoms with Crippen LogP contribution in [0.4, 0.5) is 0 Å². The maximum Gasteiger partial charge on any atom is 0.333 e. The quantitative estimate of drug-likeness (QED) is 0.372. The minimum Gasteiger partial charge on any atom is -0.462 e. The summed E-state index contributed by atoms with van der Waals surface area (Å²) in [5.41, 5.74) is 0.390. The van der Waals surface area contributed by atoms with Crippen LogP contribution in [0.15, 0.2) is 12.2 Å². The zero-order chi connectivity index (χ0) is 11.2. The van der Waals surface area contributed by atoms with Crippen LogP contribution in [0.2, 0.25) is 0 Å². The molecule has 0 N–H and O–H groups in total. The van der Waals surface area contributed by atoms with E-state index < -0.39 is 5.79 Å². The van der Waals surface area contributed by atoms with Crippen molar-refractivity contribution in [3.63, 3.8) is 0 Å². The molecule has 0 unspecified atom stereocenters. The highest BCUT2D eigenvalue weighted by molar-refractivity contribution is 5.86. The second-order valence-corrected chi connectivity index (χ2v) is 3.21. The third kappa shape index (κ3) is 4.39. The molecule has 0 aliphatic rings. The molecule has 0 saturated carbocycles. The van der Waals surface area contributed by atoms with Gasteiger partial charge in [0.05, 0.1) is 6.61 Å². The van der Waals surface area contributed by atoms with Crippen molar-refractivity contribution in [2.75, 3.05) is 20.8 Å². The van der Waals surface area contributed by atoms with Gasteiger partial charge in [0, 0.05) is 26.2 Å². The molecule has 82 valence electrons. The Bertz CT molecular complexity index is 206. The van der Waals surface area contributed by atoms with Gasteiger partial charge < -0.3 is 14.2 Å². The summed E-state index contributed by atoms with van der Waals surface area (Å²) >= 11 is 0. The Kier molecular flexibility index (Phi) is 5.42. The summed E-state index contributed by atoms with van der Waals surface area (Å²) in [6.45, 7) is 7.11. The maximum atomic E-state index is 11.0. The molecular formula is C10H18O4. The summed E-state index contributed by atoms with van der Waals surface area (Å²) in [5, 5.41) is 0. The van der Waals surface area contributed by atoms with Crippen molar-refractivity contribution in [2.24, 2.45) is 0 Å². The zero-order valence-electron chi connectivity index (χ0n) is 9.25. The highest BCUT2D eigenvalue weighted by Gasteiger charge is 2.22. The molecule has 0 aromatic heterocycles. The normalized spacial score (nSPS) is 11.1. The minimum atomic E-state index is -0.699. The Morgan fingerprint density at radius 2 is 1.86 bits per heavy atom. The first-order chi connectivity index (χ1) is 6.45. The second kappa shape index (κ2) is 5.78. The van der Waals surface area contributed by atoms with Gasteiger partial charge in [-0.15, -0.1) is 0 Å². The molecule has 0 rings (SSSR count). The van der Waals surface area contributed by atoms with Gasteiger partial charge in [-0.05, 0) is 13.8 Å². The molecule has 0 heterocycles. The first-order valence-electron chi connectivity index (χ1n) is 4.38. The summed E-state index contributed by atoms with van der Waals surface area (Å²) in [6, 6.07) is 0. The summed E-state index contributed by atoms with van der Waals surface area (Å²) in [5.74, 6) is -1.09. The van der Waals surface area contributed by atoms with Gasteiger partial charge in [0.15, 0.2) is 5.79 Å². The van der Waals surface area contributed by atoms with E-state index in [1.165, 1.54) is 0 Å². The van der Waals surface area contributed by atoms with Crippen molar-refractivity contribution < 1.29 is 19.0 Å². The highest BCUT2D eigenvalue weighted by Crippen LogP contribution is 2.14. The van der Waals surface area contributed by atoms with Crippen molar-refractivity contribution in [2.45, 2.75) is 26.1 Å². The van der Waals surface area contributed by atoms with Crippen LogP contribution in [0.5, 0.6) is 0 Å². The first-order valence-corrected chi connectivity index (χ1v) is 4.38. The van der Waals surface area contributed by atoms with Crippen molar-refractivity contribution in [1.82, 2.24) is 0 Å². The number of carbonyl (C=O) groups is 1. The van der Waals surface area contributed by atoms with Gasteiger partial charge in [-0.1, -0.05) is 6.58 Å². The summed E-state index contributed by atoms with van der Waals surface area (Å²) < 4.78 is 15.1. The smallest absolute Gasteiger partial charge is 0.333 e. The zero-order valence-corrected chi connectivity index (χ0v) is 9.25. The second-order valence-electron chi connectivity index (χ2n) is 3.21. The van der Waals surface area contributed by atoms with Crippen LogP contribution in [0.25, 0.3) is 0 Å². The van der Waals surface area contributed by atoms with Crippen molar-refractivity contribution in [3.8, 4) is 0 Å². The lowest BCUT2D eigenvalue weighted by atomic mass is 10.2. The molecule has 0 atom stereocenters. The number of esters is 1. The van der Waals surface area contributed by atoms with Crippen LogP contribution in [0.1, 0.15) is 20.3 Å². The van der Waals surface area contributed by atoms with Crippen molar-refractivity contribution in [1.29, 1.82) is 0 Å². The third-order valence-corrected chi connectivity index (χ3v) is 2.00. The molecule has 0 bridgehead atoms. The van der Waals surface area contributed by atoms with Crippen LogP contribution in [0.3, 0.4) is 0 Å². The number of methoxy groups -OCH3 is 2. The number of ether oxygens (including phenoxy) is 3. The van der Waals surface area contributed by atoms with E-state index in [0.717, 1.165) is 0 Å². The van der Waals surface area contributed by atoms with E-state index in [9.17, 15) is 4.79 Å². The van der Waals surface area contributed by atoms with Gasteiger partial charge in [-0.2, -0.15) is 0 Å². The third-order valence-electron chi connectivity index (χ3n) is 2.00. The number of hydrogen-bond acceptors (Lipinski definition) is 4. The molecule has 0 aliphatic heterocycles. The molecule has 0 fully saturated rings. The summed E-state index contributed by atoms with van der Waals surface area (Å²) in [6.07, 6.45) is 0.485. The fraction of sp³-hybridized carbons (Fsp3) is 0.700. The lowest BCUT2D eigenvalue weighted by Gasteiger charge is -2.25. The van der Waals surface area contributed by atoms with Crippen LogP contribution in [-0.2, 0) is 19.0 Å². The van der Waals surface area contributed by atoms with Gasteiger partial charge in [-0.3, -0.25) is 0 Å². The molecule has 0 amide bonds. The summed E-state index contributed by atoms with van der Waals surface area (Å²) in [7, 11) is 3.09. The fourth-order valence-corrected chi connectivity index (χ4v) is 0.740. The monoisotopic (exact) mass is 202 g/mol. The van der Waals surface area contributed by atoms with E-state index in [4.69, 9.17) is 14.2 Å². The molecule has 0 spiro atoms. The van der Waals surface area contributed by atoms with Crippen LogP contribution < -0.4 is 0 Å².